The molecule has 13 heavy (non-hydrogen) atoms. The minimum Gasteiger partial charge on any atom is -0.297 e. The summed E-state index contributed by atoms with van der Waals surface area (Å²) >= 11 is 0. The molecule has 76 valence electrons. The van der Waals surface area contributed by atoms with E-state index in [9.17, 15) is 0 Å². The van der Waals surface area contributed by atoms with Crippen LogP contribution in [0.25, 0.3) is 0 Å². The first-order valence-electron chi connectivity index (χ1n) is 6.05. The fourth-order valence-electron chi connectivity index (χ4n) is 3.22. The molecule has 1 atom stereocenters. The lowest BCUT2D eigenvalue weighted by Crippen LogP contribution is -2.40. The number of rotatable bonds is 2. The molecular weight excluding hydrogens is 158 g/mol. The van der Waals surface area contributed by atoms with Gasteiger partial charge in [0.25, 0.3) is 0 Å². The van der Waals surface area contributed by atoms with Crippen molar-refractivity contribution >= 4 is 0 Å². The van der Waals surface area contributed by atoms with Gasteiger partial charge in [0.2, 0.25) is 0 Å². The molecule has 0 aromatic heterocycles. The number of likely N-dealkylation sites (tertiary alicyclic amines) is 1. The normalized spacial score (nSPS) is 32.1. The van der Waals surface area contributed by atoms with Crippen LogP contribution in [0.1, 0.15) is 52.4 Å². The Morgan fingerprint density at radius 1 is 1.00 bits per heavy atom. The van der Waals surface area contributed by atoms with Crippen LogP contribution in [0.3, 0.4) is 0 Å². The van der Waals surface area contributed by atoms with E-state index in [2.05, 4.69) is 18.7 Å². The third-order valence-electron chi connectivity index (χ3n) is 3.91. The Kier molecular flexibility index (Phi) is 2.92. The van der Waals surface area contributed by atoms with E-state index in [0.29, 0.717) is 0 Å². The second-order valence-electron chi connectivity index (χ2n) is 5.13. The molecule has 0 aromatic rings. The van der Waals surface area contributed by atoms with Crippen molar-refractivity contribution < 1.29 is 0 Å². The Labute approximate surface area is 82.5 Å². The highest BCUT2D eigenvalue weighted by Gasteiger charge is 2.33. The minimum atomic E-state index is 0.864. The van der Waals surface area contributed by atoms with Crippen LogP contribution in [0.2, 0.25) is 0 Å². The van der Waals surface area contributed by atoms with Gasteiger partial charge in [-0.05, 0) is 38.1 Å². The molecule has 0 N–H and O–H groups in total. The topological polar surface area (TPSA) is 3.24 Å². The van der Waals surface area contributed by atoms with Crippen molar-refractivity contribution in [3.05, 3.63) is 0 Å². The Morgan fingerprint density at radius 3 is 2.31 bits per heavy atom. The molecule has 1 aliphatic heterocycles. The lowest BCUT2D eigenvalue weighted by molar-refractivity contribution is 0.148. The predicted octanol–water partition coefficient (Wildman–Crippen LogP) is 3.05. The molecule has 1 saturated carbocycles. The summed E-state index contributed by atoms with van der Waals surface area (Å²) in [5.41, 5.74) is 0. The van der Waals surface area contributed by atoms with Gasteiger partial charge in [-0.1, -0.05) is 26.7 Å². The molecule has 2 aliphatic rings. The zero-order chi connectivity index (χ0) is 9.26. The lowest BCUT2D eigenvalue weighted by atomic mass is 10.0. The van der Waals surface area contributed by atoms with E-state index in [1.807, 2.05) is 0 Å². The van der Waals surface area contributed by atoms with E-state index in [-0.39, 0.29) is 0 Å². The van der Waals surface area contributed by atoms with Crippen LogP contribution in [0, 0.1) is 5.92 Å². The first-order valence-corrected chi connectivity index (χ1v) is 6.05. The third kappa shape index (κ3) is 1.90. The maximum absolute atomic E-state index is 2.82. The molecule has 1 aliphatic carbocycles. The Hall–Kier alpha value is -0.0400. The summed E-state index contributed by atoms with van der Waals surface area (Å²) in [5, 5.41) is 0. The molecule has 2 fully saturated rings. The molecule has 1 nitrogen and oxygen atoms in total. The van der Waals surface area contributed by atoms with Gasteiger partial charge in [-0.2, -0.15) is 0 Å². The van der Waals surface area contributed by atoms with Crippen molar-refractivity contribution in [1.82, 2.24) is 4.90 Å². The van der Waals surface area contributed by atoms with Gasteiger partial charge in [0, 0.05) is 12.1 Å². The quantitative estimate of drug-likeness (QED) is 0.633. The summed E-state index contributed by atoms with van der Waals surface area (Å²) in [7, 11) is 0. The molecule has 0 bridgehead atoms. The molecule has 0 aromatic carbocycles. The lowest BCUT2D eigenvalue weighted by Gasteiger charge is -2.32. The second kappa shape index (κ2) is 4.00. The zero-order valence-corrected chi connectivity index (χ0v) is 9.13. The third-order valence-corrected chi connectivity index (χ3v) is 3.91. The summed E-state index contributed by atoms with van der Waals surface area (Å²) in [6.07, 6.45) is 8.80. The van der Waals surface area contributed by atoms with Crippen LogP contribution in [-0.4, -0.2) is 23.5 Å². The number of hydrogen-bond donors (Lipinski definition) is 0. The molecule has 1 saturated heterocycles. The molecule has 0 spiro atoms. The standard InChI is InChI=1S/C12H23N/c1-10(2)12-8-5-9-13(12)11-6-3-4-7-11/h10-12H,3-9H2,1-2H3. The highest BCUT2D eigenvalue weighted by atomic mass is 15.2. The van der Waals surface area contributed by atoms with E-state index in [4.69, 9.17) is 0 Å². The van der Waals surface area contributed by atoms with Gasteiger partial charge >= 0.3 is 0 Å². The van der Waals surface area contributed by atoms with Gasteiger partial charge < -0.3 is 0 Å². The predicted molar refractivity (Wildman–Crippen MR) is 56.8 cm³/mol. The first kappa shape index (κ1) is 9.51. The Balaban J connectivity index is 1.96. The minimum absolute atomic E-state index is 0.864. The van der Waals surface area contributed by atoms with Gasteiger partial charge in [-0.25, -0.2) is 0 Å². The summed E-state index contributed by atoms with van der Waals surface area (Å²) < 4.78 is 0. The summed E-state index contributed by atoms with van der Waals surface area (Å²) in [4.78, 5) is 2.82. The van der Waals surface area contributed by atoms with Crippen molar-refractivity contribution in [2.45, 2.75) is 64.5 Å². The average Bonchev–Trinajstić information content (AvgIpc) is 2.74. The first-order chi connectivity index (χ1) is 6.29. The summed E-state index contributed by atoms with van der Waals surface area (Å²) in [6, 6.07) is 1.86. The molecular formula is C12H23N. The van der Waals surface area contributed by atoms with Crippen molar-refractivity contribution in [3.63, 3.8) is 0 Å². The van der Waals surface area contributed by atoms with Gasteiger partial charge in [0.15, 0.2) is 0 Å². The highest BCUT2D eigenvalue weighted by molar-refractivity contribution is 4.88. The van der Waals surface area contributed by atoms with E-state index in [0.717, 1.165) is 18.0 Å². The van der Waals surface area contributed by atoms with Crippen LogP contribution in [0.15, 0.2) is 0 Å². The maximum atomic E-state index is 2.82. The van der Waals surface area contributed by atoms with Crippen LogP contribution in [-0.2, 0) is 0 Å². The van der Waals surface area contributed by atoms with Crippen LogP contribution >= 0.6 is 0 Å². The summed E-state index contributed by atoms with van der Waals surface area (Å²) in [6.45, 7) is 6.16. The van der Waals surface area contributed by atoms with E-state index in [1.54, 1.807) is 0 Å². The SMILES string of the molecule is CC(C)C1CCCN1C1CCCC1. The van der Waals surface area contributed by atoms with E-state index >= 15 is 0 Å². The second-order valence-corrected chi connectivity index (χ2v) is 5.13. The van der Waals surface area contributed by atoms with Crippen LogP contribution in [0.5, 0.6) is 0 Å². The average molecular weight is 181 g/mol. The summed E-state index contributed by atoms with van der Waals surface area (Å²) in [5.74, 6) is 0.864. The maximum Gasteiger partial charge on any atom is 0.0122 e. The highest BCUT2D eigenvalue weighted by Crippen LogP contribution is 2.32. The molecule has 0 amide bonds. The monoisotopic (exact) mass is 181 g/mol. The van der Waals surface area contributed by atoms with Crippen molar-refractivity contribution in [2.75, 3.05) is 6.54 Å². The molecule has 1 heterocycles. The zero-order valence-electron chi connectivity index (χ0n) is 9.13. The van der Waals surface area contributed by atoms with E-state index in [1.165, 1.54) is 45.1 Å². The van der Waals surface area contributed by atoms with Gasteiger partial charge in [-0.3, -0.25) is 4.90 Å². The molecule has 0 radical (unpaired) electrons. The van der Waals surface area contributed by atoms with Gasteiger partial charge in [0.1, 0.15) is 0 Å². The largest absolute Gasteiger partial charge is 0.297 e. The number of hydrogen-bond acceptors (Lipinski definition) is 1. The van der Waals surface area contributed by atoms with Gasteiger partial charge in [-0.15, -0.1) is 0 Å². The Bertz CT molecular complexity index is 159. The van der Waals surface area contributed by atoms with Crippen LogP contribution < -0.4 is 0 Å². The fourth-order valence-corrected chi connectivity index (χ4v) is 3.22. The van der Waals surface area contributed by atoms with Crippen molar-refractivity contribution in [1.29, 1.82) is 0 Å². The van der Waals surface area contributed by atoms with E-state index < -0.39 is 0 Å². The molecule has 1 heteroatoms. The fraction of sp³-hybridized carbons (Fsp3) is 1.00. The van der Waals surface area contributed by atoms with Crippen LogP contribution in [0.4, 0.5) is 0 Å². The smallest absolute Gasteiger partial charge is 0.0122 e. The Morgan fingerprint density at radius 2 is 1.69 bits per heavy atom. The molecule has 2 rings (SSSR count). The van der Waals surface area contributed by atoms with Crippen molar-refractivity contribution in [2.24, 2.45) is 5.92 Å². The molecule has 1 unspecified atom stereocenters. The van der Waals surface area contributed by atoms with Gasteiger partial charge in [0.05, 0.1) is 0 Å². The number of nitrogens with zero attached hydrogens (tertiary/aromatic N) is 1. The van der Waals surface area contributed by atoms with Crippen molar-refractivity contribution in [3.8, 4) is 0 Å².